The Kier molecular flexibility index (Phi) is 3.11. The van der Waals surface area contributed by atoms with E-state index >= 15 is 0 Å². The molecule has 2 rings (SSSR count). The van der Waals surface area contributed by atoms with E-state index in [-0.39, 0.29) is 5.78 Å². The second-order valence-electron chi connectivity index (χ2n) is 3.45. The first kappa shape index (κ1) is 11.0. The zero-order valence-electron chi connectivity index (χ0n) is 8.87. The third kappa shape index (κ3) is 2.17. The van der Waals surface area contributed by atoms with Gasteiger partial charge in [-0.1, -0.05) is 18.5 Å². The largest absolute Gasteiger partial charge is 0.453 e. The molecule has 0 aliphatic carbocycles. The molecule has 2 aromatic rings. The maximum atomic E-state index is 11.4. The van der Waals surface area contributed by atoms with Crippen molar-refractivity contribution in [3.63, 3.8) is 0 Å². The first-order valence-electron chi connectivity index (χ1n) is 5.09. The Hall–Kier alpha value is -1.54. The Morgan fingerprint density at radius 3 is 2.50 bits per heavy atom. The number of hydrogen-bond donors (Lipinski definition) is 0. The lowest BCUT2D eigenvalue weighted by molar-refractivity contribution is 0.0962. The molecule has 0 bridgehead atoms. The minimum atomic E-state index is 0.0141. The highest BCUT2D eigenvalue weighted by atomic mass is 35.5. The number of benzene rings is 1. The number of carbonyl (C=O) groups is 1. The summed E-state index contributed by atoms with van der Waals surface area (Å²) in [6, 6.07) is 10.8. The van der Waals surface area contributed by atoms with Crippen molar-refractivity contribution in [1.29, 1.82) is 0 Å². The van der Waals surface area contributed by atoms with Gasteiger partial charge in [0.15, 0.2) is 11.5 Å². The number of halogens is 1. The van der Waals surface area contributed by atoms with E-state index < -0.39 is 0 Å². The summed E-state index contributed by atoms with van der Waals surface area (Å²) in [5.74, 6) is 1.11. The molecular formula is C13H11ClO2. The fraction of sp³-hybridized carbons (Fsp3) is 0.154. The van der Waals surface area contributed by atoms with Gasteiger partial charge < -0.3 is 4.42 Å². The molecule has 1 heterocycles. The van der Waals surface area contributed by atoms with E-state index in [2.05, 4.69) is 0 Å². The summed E-state index contributed by atoms with van der Waals surface area (Å²) in [7, 11) is 0. The lowest BCUT2D eigenvalue weighted by Crippen LogP contribution is -1.92. The summed E-state index contributed by atoms with van der Waals surface area (Å²) >= 11 is 5.79. The van der Waals surface area contributed by atoms with Gasteiger partial charge >= 0.3 is 0 Å². The van der Waals surface area contributed by atoms with Crippen LogP contribution in [0, 0.1) is 0 Å². The number of furan rings is 1. The molecule has 0 unspecified atom stereocenters. The van der Waals surface area contributed by atoms with Crippen molar-refractivity contribution in [2.75, 3.05) is 0 Å². The quantitative estimate of drug-likeness (QED) is 0.746. The molecule has 82 valence electrons. The summed E-state index contributed by atoms with van der Waals surface area (Å²) in [5.41, 5.74) is 0.916. The third-order valence-corrected chi connectivity index (χ3v) is 2.58. The van der Waals surface area contributed by atoms with Crippen molar-refractivity contribution >= 4 is 17.4 Å². The van der Waals surface area contributed by atoms with Crippen LogP contribution in [-0.2, 0) is 0 Å². The van der Waals surface area contributed by atoms with E-state index in [0.717, 1.165) is 5.56 Å². The van der Waals surface area contributed by atoms with Gasteiger partial charge in [0.25, 0.3) is 0 Å². The van der Waals surface area contributed by atoms with Crippen molar-refractivity contribution in [3.05, 3.63) is 47.2 Å². The fourth-order valence-electron chi connectivity index (χ4n) is 1.43. The van der Waals surface area contributed by atoms with Crippen LogP contribution >= 0.6 is 11.6 Å². The van der Waals surface area contributed by atoms with Gasteiger partial charge in [-0.05, 0) is 36.4 Å². The summed E-state index contributed by atoms with van der Waals surface area (Å²) in [5, 5.41) is 0.681. The molecule has 3 heteroatoms. The summed E-state index contributed by atoms with van der Waals surface area (Å²) in [6.45, 7) is 1.81. The van der Waals surface area contributed by atoms with E-state index in [1.165, 1.54) is 0 Å². The molecule has 0 radical (unpaired) electrons. The monoisotopic (exact) mass is 234 g/mol. The van der Waals surface area contributed by atoms with Gasteiger partial charge in [0.05, 0.1) is 0 Å². The minimum Gasteiger partial charge on any atom is -0.453 e. The topological polar surface area (TPSA) is 30.2 Å². The van der Waals surface area contributed by atoms with E-state index in [0.29, 0.717) is 23.0 Å². The average Bonchev–Trinajstić information content (AvgIpc) is 2.78. The van der Waals surface area contributed by atoms with E-state index in [1.807, 2.05) is 19.1 Å². The summed E-state index contributed by atoms with van der Waals surface area (Å²) in [6.07, 6.45) is 0.452. The van der Waals surface area contributed by atoms with Gasteiger partial charge in [-0.15, -0.1) is 0 Å². The molecule has 0 amide bonds. The normalized spacial score (nSPS) is 10.4. The van der Waals surface area contributed by atoms with Gasteiger partial charge in [0.2, 0.25) is 0 Å². The molecular weight excluding hydrogens is 224 g/mol. The second kappa shape index (κ2) is 4.54. The first-order chi connectivity index (χ1) is 7.70. The molecule has 2 nitrogen and oxygen atoms in total. The SMILES string of the molecule is CCC(=O)c1ccc(-c2ccc(Cl)cc2)o1. The highest BCUT2D eigenvalue weighted by Gasteiger charge is 2.09. The predicted molar refractivity (Wildman–Crippen MR) is 63.8 cm³/mol. The van der Waals surface area contributed by atoms with Crippen molar-refractivity contribution in [2.45, 2.75) is 13.3 Å². The van der Waals surface area contributed by atoms with Crippen LogP contribution in [-0.4, -0.2) is 5.78 Å². The Balaban J connectivity index is 2.31. The van der Waals surface area contributed by atoms with Crippen LogP contribution in [0.5, 0.6) is 0 Å². The van der Waals surface area contributed by atoms with Crippen LogP contribution in [0.1, 0.15) is 23.9 Å². The molecule has 0 saturated carbocycles. The van der Waals surface area contributed by atoms with E-state index in [1.54, 1.807) is 24.3 Å². The standard InChI is InChI=1S/C13H11ClO2/c1-2-11(15)13-8-7-12(16-13)9-3-5-10(14)6-4-9/h3-8H,2H2,1H3. The second-order valence-corrected chi connectivity index (χ2v) is 3.88. The Bertz CT molecular complexity index is 497. The highest BCUT2D eigenvalue weighted by molar-refractivity contribution is 6.30. The zero-order valence-corrected chi connectivity index (χ0v) is 9.62. The molecule has 0 aliphatic rings. The number of hydrogen-bond acceptors (Lipinski definition) is 2. The fourth-order valence-corrected chi connectivity index (χ4v) is 1.56. The molecule has 0 fully saturated rings. The number of Topliss-reactive ketones (excluding diaryl/α,β-unsaturated/α-hetero) is 1. The van der Waals surface area contributed by atoms with Gasteiger partial charge in [-0.25, -0.2) is 0 Å². The van der Waals surface area contributed by atoms with Crippen LogP contribution in [0.25, 0.3) is 11.3 Å². The lowest BCUT2D eigenvalue weighted by Gasteiger charge is -1.96. The molecule has 16 heavy (non-hydrogen) atoms. The molecule has 0 saturated heterocycles. The van der Waals surface area contributed by atoms with Crippen LogP contribution < -0.4 is 0 Å². The van der Waals surface area contributed by atoms with Gasteiger partial charge in [0, 0.05) is 17.0 Å². The van der Waals surface area contributed by atoms with Crippen molar-refractivity contribution in [1.82, 2.24) is 0 Å². The minimum absolute atomic E-state index is 0.0141. The zero-order chi connectivity index (χ0) is 11.5. The smallest absolute Gasteiger partial charge is 0.197 e. The lowest BCUT2D eigenvalue weighted by atomic mass is 10.2. The maximum absolute atomic E-state index is 11.4. The van der Waals surface area contributed by atoms with Gasteiger partial charge in [0.1, 0.15) is 5.76 Å². The molecule has 0 N–H and O–H groups in total. The van der Waals surface area contributed by atoms with Crippen LogP contribution in [0.3, 0.4) is 0 Å². The summed E-state index contributed by atoms with van der Waals surface area (Å²) in [4.78, 5) is 11.4. The van der Waals surface area contributed by atoms with Crippen molar-refractivity contribution in [3.8, 4) is 11.3 Å². The van der Waals surface area contributed by atoms with Crippen molar-refractivity contribution < 1.29 is 9.21 Å². The number of ketones is 1. The molecule has 0 atom stereocenters. The van der Waals surface area contributed by atoms with Gasteiger partial charge in [-0.2, -0.15) is 0 Å². The highest BCUT2D eigenvalue weighted by Crippen LogP contribution is 2.24. The van der Waals surface area contributed by atoms with E-state index in [4.69, 9.17) is 16.0 Å². The summed E-state index contributed by atoms with van der Waals surface area (Å²) < 4.78 is 5.47. The van der Waals surface area contributed by atoms with Crippen molar-refractivity contribution in [2.24, 2.45) is 0 Å². The predicted octanol–water partition coefficient (Wildman–Crippen LogP) is 4.19. The van der Waals surface area contributed by atoms with E-state index in [9.17, 15) is 4.79 Å². The van der Waals surface area contributed by atoms with Crippen LogP contribution in [0.4, 0.5) is 0 Å². The maximum Gasteiger partial charge on any atom is 0.197 e. The Morgan fingerprint density at radius 2 is 1.88 bits per heavy atom. The van der Waals surface area contributed by atoms with Gasteiger partial charge in [-0.3, -0.25) is 4.79 Å². The Morgan fingerprint density at radius 1 is 1.19 bits per heavy atom. The van der Waals surface area contributed by atoms with Crippen LogP contribution in [0.2, 0.25) is 5.02 Å². The van der Waals surface area contributed by atoms with Crippen LogP contribution in [0.15, 0.2) is 40.8 Å². The molecule has 1 aromatic carbocycles. The third-order valence-electron chi connectivity index (χ3n) is 2.33. The Labute approximate surface area is 98.8 Å². The molecule has 0 spiro atoms. The molecule has 0 aliphatic heterocycles. The molecule has 1 aromatic heterocycles. The number of carbonyl (C=O) groups excluding carboxylic acids is 1. The first-order valence-corrected chi connectivity index (χ1v) is 5.47. The number of rotatable bonds is 3. The average molecular weight is 235 g/mol.